The molecule has 0 unspecified atom stereocenters. The SMILES string of the molecule is COc1cc(C=C2SC(=O)N(CC(=O)c3ccccc3)C2=O)ccc1OS(=O)(=O)c1ccccc1. The van der Waals surface area contributed by atoms with Crippen molar-refractivity contribution in [3.63, 3.8) is 0 Å². The average Bonchev–Trinajstić information content (AvgIpc) is 3.13. The van der Waals surface area contributed by atoms with E-state index in [9.17, 15) is 22.8 Å². The van der Waals surface area contributed by atoms with Crippen LogP contribution >= 0.6 is 11.8 Å². The molecule has 10 heteroatoms. The number of thioether (sulfide) groups is 1. The predicted molar refractivity (Wildman–Crippen MR) is 131 cm³/mol. The maximum atomic E-state index is 12.8. The third-order valence-electron chi connectivity index (χ3n) is 4.99. The second-order valence-electron chi connectivity index (χ2n) is 7.32. The molecule has 0 bridgehead atoms. The van der Waals surface area contributed by atoms with Gasteiger partial charge in [-0.2, -0.15) is 8.42 Å². The van der Waals surface area contributed by atoms with E-state index in [1.165, 1.54) is 43.5 Å². The van der Waals surface area contributed by atoms with E-state index in [1.807, 2.05) is 0 Å². The van der Waals surface area contributed by atoms with E-state index >= 15 is 0 Å². The summed E-state index contributed by atoms with van der Waals surface area (Å²) in [6.07, 6.45) is 1.47. The van der Waals surface area contributed by atoms with Gasteiger partial charge in [0.2, 0.25) is 0 Å². The van der Waals surface area contributed by atoms with Crippen LogP contribution < -0.4 is 8.92 Å². The topological polar surface area (TPSA) is 107 Å². The van der Waals surface area contributed by atoms with E-state index < -0.39 is 21.3 Å². The summed E-state index contributed by atoms with van der Waals surface area (Å²) in [6.45, 7) is -0.362. The molecule has 0 saturated carbocycles. The summed E-state index contributed by atoms with van der Waals surface area (Å²) in [5.74, 6) is -0.848. The fraction of sp³-hybridized carbons (Fsp3) is 0.0800. The molecule has 0 aliphatic carbocycles. The van der Waals surface area contributed by atoms with Crippen LogP contribution in [0, 0.1) is 0 Å². The highest BCUT2D eigenvalue weighted by molar-refractivity contribution is 8.18. The summed E-state index contributed by atoms with van der Waals surface area (Å²) >= 11 is 0.717. The molecule has 1 aliphatic heterocycles. The number of hydrogen-bond donors (Lipinski definition) is 0. The third kappa shape index (κ3) is 5.44. The van der Waals surface area contributed by atoms with Gasteiger partial charge in [-0.05, 0) is 47.7 Å². The van der Waals surface area contributed by atoms with Crippen molar-refractivity contribution in [1.82, 2.24) is 4.90 Å². The van der Waals surface area contributed by atoms with E-state index in [2.05, 4.69) is 0 Å². The molecule has 1 fully saturated rings. The van der Waals surface area contributed by atoms with Crippen LogP contribution in [0.5, 0.6) is 11.5 Å². The molecule has 0 spiro atoms. The fourth-order valence-electron chi connectivity index (χ4n) is 3.24. The second kappa shape index (κ2) is 10.2. The highest BCUT2D eigenvalue weighted by Gasteiger charge is 2.36. The molecule has 3 aromatic rings. The summed E-state index contributed by atoms with van der Waals surface area (Å²) in [5, 5.41) is -0.550. The Morgan fingerprint density at radius 2 is 1.60 bits per heavy atom. The molecule has 0 aromatic heterocycles. The number of rotatable bonds is 8. The lowest BCUT2D eigenvalue weighted by Gasteiger charge is -2.12. The maximum Gasteiger partial charge on any atom is 0.339 e. The Hall–Kier alpha value is -3.89. The highest BCUT2D eigenvalue weighted by Crippen LogP contribution is 2.35. The Bertz CT molecular complexity index is 1420. The van der Waals surface area contributed by atoms with E-state index in [-0.39, 0.29) is 33.6 Å². The minimum atomic E-state index is -4.08. The molecule has 0 atom stereocenters. The molecule has 0 radical (unpaired) electrons. The van der Waals surface area contributed by atoms with Gasteiger partial charge in [0.05, 0.1) is 18.6 Å². The molecule has 1 heterocycles. The van der Waals surface area contributed by atoms with Gasteiger partial charge in [-0.25, -0.2) is 0 Å². The van der Waals surface area contributed by atoms with Gasteiger partial charge in [0.15, 0.2) is 17.3 Å². The average molecular weight is 510 g/mol. The Kier molecular flexibility index (Phi) is 7.04. The first kappa shape index (κ1) is 24.2. The largest absolute Gasteiger partial charge is 0.493 e. The van der Waals surface area contributed by atoms with Crippen LogP contribution in [-0.4, -0.2) is 43.9 Å². The van der Waals surface area contributed by atoms with Crippen LogP contribution in [0.2, 0.25) is 0 Å². The minimum Gasteiger partial charge on any atom is -0.493 e. The predicted octanol–water partition coefficient (Wildman–Crippen LogP) is 4.38. The zero-order valence-electron chi connectivity index (χ0n) is 18.4. The number of nitrogens with zero attached hydrogens (tertiary/aromatic N) is 1. The fourth-order valence-corrected chi connectivity index (χ4v) is 5.04. The zero-order chi connectivity index (χ0) is 25.0. The number of hydrogen-bond acceptors (Lipinski definition) is 8. The molecule has 4 rings (SSSR count). The number of ether oxygens (including phenoxy) is 1. The molecule has 35 heavy (non-hydrogen) atoms. The molecular weight excluding hydrogens is 490 g/mol. The second-order valence-corrected chi connectivity index (χ2v) is 9.86. The van der Waals surface area contributed by atoms with Gasteiger partial charge in [-0.15, -0.1) is 0 Å². The lowest BCUT2D eigenvalue weighted by atomic mass is 10.1. The Morgan fingerprint density at radius 3 is 2.26 bits per heavy atom. The first-order valence-corrected chi connectivity index (χ1v) is 12.5. The van der Waals surface area contributed by atoms with Crippen molar-refractivity contribution in [3.8, 4) is 11.5 Å². The number of benzene rings is 3. The minimum absolute atomic E-state index is 0.00939. The summed E-state index contributed by atoms with van der Waals surface area (Å²) < 4.78 is 35.6. The quantitative estimate of drug-likeness (QED) is 0.250. The first-order chi connectivity index (χ1) is 16.8. The van der Waals surface area contributed by atoms with Crippen molar-refractivity contribution in [1.29, 1.82) is 0 Å². The van der Waals surface area contributed by atoms with Crippen molar-refractivity contribution >= 4 is 44.9 Å². The molecule has 1 saturated heterocycles. The summed E-state index contributed by atoms with van der Waals surface area (Å²) in [4.78, 5) is 38.6. The van der Waals surface area contributed by atoms with Gasteiger partial charge in [-0.3, -0.25) is 19.3 Å². The van der Waals surface area contributed by atoms with Gasteiger partial charge >= 0.3 is 10.1 Å². The number of methoxy groups -OCH3 is 1. The number of carbonyl (C=O) groups excluding carboxylic acids is 3. The van der Waals surface area contributed by atoms with Gasteiger partial charge in [0.25, 0.3) is 11.1 Å². The number of carbonyl (C=O) groups is 3. The van der Waals surface area contributed by atoms with Crippen molar-refractivity contribution in [2.24, 2.45) is 0 Å². The third-order valence-corrected chi connectivity index (χ3v) is 7.14. The van der Waals surface area contributed by atoms with Crippen LogP contribution in [0.4, 0.5) is 4.79 Å². The van der Waals surface area contributed by atoms with E-state index in [1.54, 1.807) is 48.5 Å². The van der Waals surface area contributed by atoms with Gasteiger partial charge < -0.3 is 8.92 Å². The number of imide groups is 1. The summed E-state index contributed by atoms with van der Waals surface area (Å²) in [7, 11) is -2.72. The van der Waals surface area contributed by atoms with Crippen molar-refractivity contribution in [2.75, 3.05) is 13.7 Å². The molecule has 1 aliphatic rings. The number of Topliss-reactive ketones (excluding diaryl/α,β-unsaturated/α-hetero) is 1. The van der Waals surface area contributed by atoms with Crippen LogP contribution in [0.3, 0.4) is 0 Å². The maximum absolute atomic E-state index is 12.8. The Morgan fingerprint density at radius 1 is 0.943 bits per heavy atom. The van der Waals surface area contributed by atoms with E-state index in [0.29, 0.717) is 11.1 Å². The van der Waals surface area contributed by atoms with Gasteiger partial charge in [-0.1, -0.05) is 54.6 Å². The van der Waals surface area contributed by atoms with Crippen LogP contribution in [0.1, 0.15) is 15.9 Å². The zero-order valence-corrected chi connectivity index (χ0v) is 20.0. The van der Waals surface area contributed by atoms with Crippen LogP contribution in [0.25, 0.3) is 6.08 Å². The van der Waals surface area contributed by atoms with E-state index in [0.717, 1.165) is 16.7 Å². The molecule has 8 nitrogen and oxygen atoms in total. The van der Waals surface area contributed by atoms with Gasteiger partial charge in [0, 0.05) is 5.56 Å². The standard InChI is InChI=1S/C25H19NO7S2/c1-32-22-14-17(12-13-21(22)33-35(30,31)19-10-6-3-7-11-19)15-23-24(28)26(25(29)34-23)16-20(27)18-8-4-2-5-9-18/h2-15H,16H2,1H3. The highest BCUT2D eigenvalue weighted by atomic mass is 32.2. The number of amides is 2. The number of ketones is 1. The van der Waals surface area contributed by atoms with Crippen molar-refractivity contribution < 1.29 is 31.7 Å². The van der Waals surface area contributed by atoms with Crippen LogP contribution in [0.15, 0.2) is 88.7 Å². The summed E-state index contributed by atoms with van der Waals surface area (Å²) in [6, 6.07) is 20.5. The molecular formula is C25H19NO7S2. The smallest absolute Gasteiger partial charge is 0.339 e. The first-order valence-electron chi connectivity index (χ1n) is 10.3. The lowest BCUT2D eigenvalue weighted by molar-refractivity contribution is -0.122. The Labute approximate surface area is 206 Å². The van der Waals surface area contributed by atoms with Gasteiger partial charge in [0.1, 0.15) is 4.90 Å². The van der Waals surface area contributed by atoms with Crippen molar-refractivity contribution in [3.05, 3.63) is 94.9 Å². The molecule has 2 amide bonds. The van der Waals surface area contributed by atoms with E-state index in [4.69, 9.17) is 8.92 Å². The van der Waals surface area contributed by atoms with Crippen molar-refractivity contribution in [2.45, 2.75) is 4.90 Å². The molecule has 178 valence electrons. The molecule has 3 aromatic carbocycles. The Balaban J connectivity index is 1.53. The monoisotopic (exact) mass is 509 g/mol. The summed E-state index contributed by atoms with van der Waals surface area (Å²) in [5.41, 5.74) is 0.882. The van der Waals surface area contributed by atoms with Crippen LogP contribution in [-0.2, 0) is 14.9 Å². The lowest BCUT2D eigenvalue weighted by Crippen LogP contribution is -2.33. The normalized spacial score (nSPS) is 14.9. The molecule has 0 N–H and O–H groups in total.